The molecule has 1 aromatic heterocycles. The molecule has 0 spiro atoms. The summed E-state index contributed by atoms with van der Waals surface area (Å²) in [5, 5.41) is 0.625. The van der Waals surface area contributed by atoms with Gasteiger partial charge in [0.05, 0.1) is 16.9 Å². The molecule has 0 bridgehead atoms. The van der Waals surface area contributed by atoms with Crippen LogP contribution in [0.3, 0.4) is 0 Å². The normalized spacial score (nSPS) is 11.1. The van der Waals surface area contributed by atoms with Crippen LogP contribution in [0.25, 0.3) is 10.9 Å². The van der Waals surface area contributed by atoms with E-state index in [1.807, 2.05) is 91.3 Å². The topological polar surface area (TPSA) is 38.1 Å². The van der Waals surface area contributed by atoms with Gasteiger partial charge < -0.3 is 4.90 Å². The number of benzene rings is 4. The van der Waals surface area contributed by atoms with Crippen LogP contribution in [-0.4, -0.2) is 16.6 Å². The Kier molecular flexibility index (Phi) is 5.96. The number of fused-ring (bicyclic) bond motifs is 1. The Bertz CT molecular complexity index is 1420. The number of nitrogens with zero attached hydrogens (tertiary/aromatic N) is 3. The molecule has 0 saturated heterocycles. The molecule has 0 radical (unpaired) electrons. The van der Waals surface area contributed by atoms with E-state index in [0.29, 0.717) is 11.2 Å². The molecule has 4 nitrogen and oxygen atoms in total. The van der Waals surface area contributed by atoms with Crippen LogP contribution in [0.4, 0.5) is 5.69 Å². The van der Waals surface area contributed by atoms with Gasteiger partial charge in [0.2, 0.25) is 0 Å². The lowest BCUT2D eigenvalue weighted by atomic mass is 9.98. The minimum absolute atomic E-state index is 0.0323. The van der Waals surface area contributed by atoms with Gasteiger partial charge in [-0.15, -0.1) is 0 Å². The Morgan fingerprint density at radius 3 is 1.94 bits per heavy atom. The molecule has 0 N–H and O–H groups in total. The Morgan fingerprint density at radius 1 is 0.794 bits per heavy atom. The summed E-state index contributed by atoms with van der Waals surface area (Å²) < 4.78 is 1.83. The van der Waals surface area contributed by atoms with Gasteiger partial charge in [0, 0.05) is 19.3 Å². The van der Waals surface area contributed by atoms with Crippen molar-refractivity contribution in [3.63, 3.8) is 0 Å². The number of aromatic nitrogens is 2. The first-order valence-electron chi connectivity index (χ1n) is 11.5. The van der Waals surface area contributed by atoms with Crippen LogP contribution in [-0.2, 0) is 6.54 Å². The first-order valence-corrected chi connectivity index (χ1v) is 11.5. The zero-order chi connectivity index (χ0) is 23.5. The van der Waals surface area contributed by atoms with Crippen LogP contribution in [0.15, 0.2) is 114 Å². The molecule has 0 saturated carbocycles. The van der Waals surface area contributed by atoms with Gasteiger partial charge in [-0.1, -0.05) is 91.0 Å². The van der Waals surface area contributed by atoms with E-state index in [0.717, 1.165) is 28.9 Å². The average molecular weight is 446 g/mol. The molecule has 4 heteroatoms. The van der Waals surface area contributed by atoms with Gasteiger partial charge in [-0.25, -0.2) is 4.98 Å². The Hall–Kier alpha value is -4.18. The van der Waals surface area contributed by atoms with E-state index in [2.05, 4.69) is 41.3 Å². The molecule has 4 aromatic carbocycles. The smallest absolute Gasteiger partial charge is 0.262 e. The van der Waals surface area contributed by atoms with Crippen molar-refractivity contribution in [2.24, 2.45) is 0 Å². The van der Waals surface area contributed by atoms with E-state index in [1.165, 1.54) is 5.56 Å². The zero-order valence-corrected chi connectivity index (χ0v) is 19.4. The molecule has 5 rings (SSSR count). The van der Waals surface area contributed by atoms with Crippen LogP contribution in [0.2, 0.25) is 0 Å². The van der Waals surface area contributed by atoms with Gasteiger partial charge in [-0.05, 0) is 41.8 Å². The SMILES string of the molecule is Cc1nc2ccc(N(C)Cc3ccccc3)cc2c(=O)n1C(c1ccccc1)c1ccccc1. The van der Waals surface area contributed by atoms with E-state index in [4.69, 9.17) is 4.98 Å². The minimum atomic E-state index is -0.252. The van der Waals surface area contributed by atoms with Crippen LogP contribution >= 0.6 is 0 Å². The van der Waals surface area contributed by atoms with E-state index in [9.17, 15) is 4.79 Å². The maximum absolute atomic E-state index is 14.0. The van der Waals surface area contributed by atoms with E-state index < -0.39 is 0 Å². The summed E-state index contributed by atoms with van der Waals surface area (Å²) in [5.74, 6) is 0.695. The molecular formula is C30H27N3O. The number of hydrogen-bond acceptors (Lipinski definition) is 3. The van der Waals surface area contributed by atoms with Crippen molar-refractivity contribution < 1.29 is 0 Å². The second-order valence-electron chi connectivity index (χ2n) is 8.60. The minimum Gasteiger partial charge on any atom is -0.370 e. The van der Waals surface area contributed by atoms with Crippen LogP contribution in [0.5, 0.6) is 0 Å². The number of aryl methyl sites for hydroxylation is 1. The molecule has 0 amide bonds. The maximum Gasteiger partial charge on any atom is 0.262 e. The van der Waals surface area contributed by atoms with E-state index in [1.54, 1.807) is 0 Å². The number of rotatable bonds is 6. The van der Waals surface area contributed by atoms with Crippen molar-refractivity contribution in [2.45, 2.75) is 19.5 Å². The van der Waals surface area contributed by atoms with Gasteiger partial charge in [0.15, 0.2) is 0 Å². The van der Waals surface area contributed by atoms with Crippen molar-refractivity contribution in [1.82, 2.24) is 9.55 Å². The summed E-state index contributed by atoms with van der Waals surface area (Å²) in [4.78, 5) is 21.0. The standard InChI is InChI=1S/C30H27N3O/c1-22-31-28-19-18-26(32(2)21-23-12-6-3-7-13-23)20-27(28)30(34)33(22)29(24-14-8-4-9-15-24)25-16-10-5-11-17-25/h3-20,29H,21H2,1-2H3. The van der Waals surface area contributed by atoms with Gasteiger partial charge in [-0.2, -0.15) is 0 Å². The van der Waals surface area contributed by atoms with Gasteiger partial charge in [0.1, 0.15) is 5.82 Å². The summed E-state index contributed by atoms with van der Waals surface area (Å²) in [7, 11) is 2.05. The maximum atomic E-state index is 14.0. The predicted octanol–water partition coefficient (Wildman–Crippen LogP) is 5.98. The summed E-state index contributed by atoms with van der Waals surface area (Å²) in [6.45, 7) is 2.67. The highest BCUT2D eigenvalue weighted by molar-refractivity contribution is 5.82. The molecule has 0 fully saturated rings. The van der Waals surface area contributed by atoms with E-state index >= 15 is 0 Å². The molecule has 5 aromatic rings. The van der Waals surface area contributed by atoms with Crippen LogP contribution in [0, 0.1) is 6.92 Å². The van der Waals surface area contributed by atoms with Crippen molar-refractivity contribution in [1.29, 1.82) is 0 Å². The number of hydrogen-bond donors (Lipinski definition) is 0. The lowest BCUT2D eigenvalue weighted by Gasteiger charge is -2.24. The monoisotopic (exact) mass is 445 g/mol. The van der Waals surface area contributed by atoms with Crippen LogP contribution < -0.4 is 10.5 Å². The fourth-order valence-electron chi connectivity index (χ4n) is 4.55. The fraction of sp³-hybridized carbons (Fsp3) is 0.133. The summed E-state index contributed by atoms with van der Waals surface area (Å²) >= 11 is 0. The molecule has 0 unspecified atom stereocenters. The quantitative estimate of drug-likeness (QED) is 0.323. The molecule has 0 aliphatic heterocycles. The summed E-state index contributed by atoms with van der Waals surface area (Å²) in [5.41, 5.74) is 5.00. The second-order valence-corrected chi connectivity index (χ2v) is 8.60. The molecule has 34 heavy (non-hydrogen) atoms. The highest BCUT2D eigenvalue weighted by Crippen LogP contribution is 2.28. The Morgan fingerprint density at radius 2 is 1.35 bits per heavy atom. The second kappa shape index (κ2) is 9.36. The lowest BCUT2D eigenvalue weighted by molar-refractivity contribution is 0.620. The molecular weight excluding hydrogens is 418 g/mol. The van der Waals surface area contributed by atoms with Gasteiger partial charge in [0.25, 0.3) is 5.56 Å². The third-order valence-corrected chi connectivity index (χ3v) is 6.25. The Balaban J connectivity index is 1.64. The molecule has 168 valence electrons. The van der Waals surface area contributed by atoms with Crippen molar-refractivity contribution in [3.8, 4) is 0 Å². The fourth-order valence-corrected chi connectivity index (χ4v) is 4.55. The zero-order valence-electron chi connectivity index (χ0n) is 19.4. The molecule has 1 heterocycles. The summed E-state index contributed by atoms with van der Waals surface area (Å²) in [6, 6.07) is 36.3. The largest absolute Gasteiger partial charge is 0.370 e. The highest BCUT2D eigenvalue weighted by Gasteiger charge is 2.21. The number of anilines is 1. The first kappa shape index (κ1) is 21.7. The Labute approximate surface area is 199 Å². The molecule has 0 atom stereocenters. The van der Waals surface area contributed by atoms with Gasteiger partial charge >= 0.3 is 0 Å². The summed E-state index contributed by atoms with van der Waals surface area (Å²) in [6.07, 6.45) is 0. The van der Waals surface area contributed by atoms with Gasteiger partial charge in [-0.3, -0.25) is 9.36 Å². The van der Waals surface area contributed by atoms with Crippen LogP contribution in [0.1, 0.15) is 28.6 Å². The van der Waals surface area contributed by atoms with Crippen molar-refractivity contribution >= 4 is 16.6 Å². The third kappa shape index (κ3) is 4.23. The average Bonchev–Trinajstić information content (AvgIpc) is 2.88. The molecule has 0 aliphatic carbocycles. The van der Waals surface area contributed by atoms with E-state index in [-0.39, 0.29) is 11.6 Å². The van der Waals surface area contributed by atoms with Crippen molar-refractivity contribution in [2.75, 3.05) is 11.9 Å². The van der Waals surface area contributed by atoms with Crippen molar-refractivity contribution in [3.05, 3.63) is 142 Å². The first-order chi connectivity index (χ1) is 16.6. The predicted molar refractivity (Wildman–Crippen MR) is 139 cm³/mol. The third-order valence-electron chi connectivity index (χ3n) is 6.25. The lowest BCUT2D eigenvalue weighted by Crippen LogP contribution is -2.29. The molecule has 0 aliphatic rings. The highest BCUT2D eigenvalue weighted by atomic mass is 16.1.